The summed E-state index contributed by atoms with van der Waals surface area (Å²) >= 11 is 0. The topological polar surface area (TPSA) is 0 Å². The van der Waals surface area contributed by atoms with E-state index in [2.05, 4.69) is 27.7 Å². The zero-order valence-corrected chi connectivity index (χ0v) is 23.1. The van der Waals surface area contributed by atoms with Crippen molar-refractivity contribution in [3.05, 3.63) is 0 Å². The van der Waals surface area contributed by atoms with Crippen LogP contribution in [0.2, 0.25) is 0 Å². The maximum Gasteiger partial charge on any atom is -0.0533 e. The van der Waals surface area contributed by atoms with Crippen LogP contribution in [0, 0.1) is 0 Å². The van der Waals surface area contributed by atoms with E-state index in [0.717, 1.165) is 0 Å². The molecule has 0 heteroatoms. The van der Waals surface area contributed by atoms with Gasteiger partial charge in [-0.15, -0.1) is 0 Å². The summed E-state index contributed by atoms with van der Waals surface area (Å²) in [5, 5.41) is 0. The first-order valence-corrected chi connectivity index (χ1v) is 15.3. The van der Waals surface area contributed by atoms with Crippen LogP contribution in [0.5, 0.6) is 0 Å². The first-order chi connectivity index (χ1) is 15.3. The zero-order chi connectivity index (χ0) is 23.1. The lowest BCUT2D eigenvalue weighted by Crippen LogP contribution is -1.83. The van der Waals surface area contributed by atoms with Crippen molar-refractivity contribution in [1.29, 1.82) is 0 Å². The van der Waals surface area contributed by atoms with Crippen LogP contribution in [0.15, 0.2) is 0 Å². The fourth-order valence-electron chi connectivity index (χ4n) is 4.36. The monoisotopic (exact) mass is 439 g/mol. The molecule has 0 heterocycles. The van der Waals surface area contributed by atoms with Gasteiger partial charge in [-0.25, -0.2) is 0 Å². The Balaban J connectivity index is 0. The van der Waals surface area contributed by atoms with Crippen molar-refractivity contribution in [3.8, 4) is 0 Å². The molecule has 0 bridgehead atoms. The number of hydrogen-bond donors (Lipinski definition) is 0. The highest BCUT2D eigenvalue weighted by Gasteiger charge is 1.94. The third-order valence-electron chi connectivity index (χ3n) is 6.66. The highest BCUT2D eigenvalue weighted by Crippen LogP contribution is 2.14. The van der Waals surface area contributed by atoms with Crippen LogP contribution >= 0.6 is 0 Å². The van der Waals surface area contributed by atoms with Gasteiger partial charge in [-0.3, -0.25) is 0 Å². The molecule has 0 spiro atoms. The normalized spacial score (nSPS) is 10.8. The van der Waals surface area contributed by atoms with E-state index in [1.165, 1.54) is 173 Å². The van der Waals surface area contributed by atoms with Crippen LogP contribution in [-0.4, -0.2) is 0 Å². The molecule has 190 valence electrons. The summed E-state index contributed by atoms with van der Waals surface area (Å²) in [5.74, 6) is 0. The molecule has 0 aliphatic carbocycles. The van der Waals surface area contributed by atoms with Gasteiger partial charge in [0, 0.05) is 0 Å². The highest BCUT2D eigenvalue weighted by atomic mass is 14.0. The second kappa shape index (κ2) is 34.6. The van der Waals surface area contributed by atoms with E-state index in [1.807, 2.05) is 0 Å². The maximum atomic E-state index is 2.30. The Labute approximate surface area is 201 Å². The predicted octanol–water partition coefficient (Wildman–Crippen LogP) is 12.6. The SMILES string of the molecule is CCCCCCCCCCC.CCCCCCCCCCCCCCCCCCCC. The lowest BCUT2D eigenvalue weighted by Gasteiger charge is -2.03. The molecule has 0 N–H and O–H groups in total. The summed E-state index contributed by atoms with van der Waals surface area (Å²) in [6.45, 7) is 9.14. The van der Waals surface area contributed by atoms with E-state index in [-0.39, 0.29) is 0 Å². The van der Waals surface area contributed by atoms with Gasteiger partial charge in [-0.1, -0.05) is 201 Å². The van der Waals surface area contributed by atoms with E-state index < -0.39 is 0 Å². The Hall–Kier alpha value is 0. The molecule has 0 aromatic heterocycles. The fourth-order valence-corrected chi connectivity index (χ4v) is 4.36. The molecule has 0 aliphatic heterocycles. The summed E-state index contributed by atoms with van der Waals surface area (Å²) in [4.78, 5) is 0. The summed E-state index contributed by atoms with van der Waals surface area (Å²) < 4.78 is 0. The molecular weight excluding hydrogens is 372 g/mol. The number of hydrogen-bond acceptors (Lipinski definition) is 0. The van der Waals surface area contributed by atoms with E-state index in [4.69, 9.17) is 0 Å². The Morgan fingerprint density at radius 1 is 0.161 bits per heavy atom. The summed E-state index contributed by atoms with van der Waals surface area (Å²) in [6, 6.07) is 0. The quantitative estimate of drug-likeness (QED) is 0.124. The Bertz CT molecular complexity index is 231. The van der Waals surface area contributed by atoms with Gasteiger partial charge in [0.1, 0.15) is 0 Å². The molecule has 0 fully saturated rings. The van der Waals surface area contributed by atoms with E-state index in [1.54, 1.807) is 0 Å². The third-order valence-corrected chi connectivity index (χ3v) is 6.66. The minimum atomic E-state index is 1.37. The van der Waals surface area contributed by atoms with E-state index in [0.29, 0.717) is 0 Å². The summed E-state index contributed by atoms with van der Waals surface area (Å²) in [5.41, 5.74) is 0. The molecule has 0 aromatic rings. The molecule has 0 rings (SSSR count). The highest BCUT2D eigenvalue weighted by molar-refractivity contribution is 4.50. The molecule has 0 nitrogen and oxygen atoms in total. The average molecular weight is 439 g/mol. The average Bonchev–Trinajstić information content (AvgIpc) is 2.79. The maximum absolute atomic E-state index is 2.30. The van der Waals surface area contributed by atoms with Crippen LogP contribution < -0.4 is 0 Å². The van der Waals surface area contributed by atoms with Crippen LogP contribution in [0.25, 0.3) is 0 Å². The second-order valence-corrected chi connectivity index (χ2v) is 10.1. The van der Waals surface area contributed by atoms with Crippen LogP contribution in [0.1, 0.15) is 201 Å². The van der Waals surface area contributed by atoms with Crippen LogP contribution in [0.4, 0.5) is 0 Å². The van der Waals surface area contributed by atoms with Crippen molar-refractivity contribution in [3.63, 3.8) is 0 Å². The van der Waals surface area contributed by atoms with Crippen molar-refractivity contribution in [1.82, 2.24) is 0 Å². The molecular formula is C31H66. The molecule has 0 saturated heterocycles. The molecule has 0 amide bonds. The van der Waals surface area contributed by atoms with Crippen molar-refractivity contribution >= 4 is 0 Å². The third kappa shape index (κ3) is 37.6. The van der Waals surface area contributed by atoms with Crippen molar-refractivity contribution in [2.24, 2.45) is 0 Å². The molecule has 0 aromatic carbocycles. The van der Waals surface area contributed by atoms with Crippen LogP contribution in [0.3, 0.4) is 0 Å². The second-order valence-electron chi connectivity index (χ2n) is 10.1. The number of unbranched alkanes of at least 4 members (excludes halogenated alkanes) is 25. The van der Waals surface area contributed by atoms with Gasteiger partial charge in [0.15, 0.2) is 0 Å². The summed E-state index contributed by atoms with van der Waals surface area (Å²) in [6.07, 6.45) is 39.4. The Kier molecular flexibility index (Phi) is 37.0. The smallest absolute Gasteiger partial charge is 0.0533 e. The lowest BCUT2D eigenvalue weighted by molar-refractivity contribution is 0.526. The molecule has 0 saturated carbocycles. The van der Waals surface area contributed by atoms with Crippen molar-refractivity contribution in [2.75, 3.05) is 0 Å². The largest absolute Gasteiger partial charge is 0.0654 e. The molecule has 0 radical (unpaired) electrons. The van der Waals surface area contributed by atoms with Gasteiger partial charge in [-0.05, 0) is 0 Å². The first-order valence-electron chi connectivity index (χ1n) is 15.3. The van der Waals surface area contributed by atoms with Gasteiger partial charge in [0.2, 0.25) is 0 Å². The molecule has 0 aliphatic rings. The summed E-state index contributed by atoms with van der Waals surface area (Å²) in [7, 11) is 0. The minimum absolute atomic E-state index is 1.37. The predicted molar refractivity (Wildman–Crippen MR) is 147 cm³/mol. The minimum Gasteiger partial charge on any atom is -0.0654 e. The molecule has 0 unspecified atom stereocenters. The van der Waals surface area contributed by atoms with Gasteiger partial charge < -0.3 is 0 Å². The van der Waals surface area contributed by atoms with Gasteiger partial charge in [0.05, 0.1) is 0 Å². The Morgan fingerprint density at radius 3 is 0.355 bits per heavy atom. The van der Waals surface area contributed by atoms with E-state index in [9.17, 15) is 0 Å². The Morgan fingerprint density at radius 2 is 0.258 bits per heavy atom. The first kappa shape index (κ1) is 33.2. The van der Waals surface area contributed by atoms with Crippen molar-refractivity contribution in [2.45, 2.75) is 201 Å². The fraction of sp³-hybridized carbons (Fsp3) is 1.00. The van der Waals surface area contributed by atoms with Gasteiger partial charge in [0.25, 0.3) is 0 Å². The van der Waals surface area contributed by atoms with Gasteiger partial charge in [-0.2, -0.15) is 0 Å². The van der Waals surface area contributed by atoms with Crippen LogP contribution in [-0.2, 0) is 0 Å². The molecule has 0 atom stereocenters. The van der Waals surface area contributed by atoms with Gasteiger partial charge >= 0.3 is 0 Å². The van der Waals surface area contributed by atoms with Crippen molar-refractivity contribution < 1.29 is 0 Å². The molecule has 31 heavy (non-hydrogen) atoms. The van der Waals surface area contributed by atoms with E-state index >= 15 is 0 Å². The lowest BCUT2D eigenvalue weighted by atomic mass is 10.0. The standard InChI is InChI=1S/C20H42.C11H24/c1-3-5-7-9-11-13-15-17-19-20-18-16-14-12-10-8-6-4-2;1-3-5-7-9-11-10-8-6-4-2/h3-20H2,1-2H3;3-11H2,1-2H3. The zero-order valence-electron chi connectivity index (χ0n) is 23.1. The number of rotatable bonds is 25.